The molecule has 11 heteroatoms. The van der Waals surface area contributed by atoms with Crippen molar-refractivity contribution in [2.45, 2.75) is 49.8 Å². The van der Waals surface area contributed by atoms with Crippen LogP contribution in [0.4, 0.5) is 20.2 Å². The first-order valence-electron chi connectivity index (χ1n) is 11.0. The van der Waals surface area contributed by atoms with Crippen molar-refractivity contribution in [2.75, 3.05) is 28.2 Å². The number of fused-ring (bicyclic) bond motifs is 1. The zero-order valence-electron chi connectivity index (χ0n) is 19.1. The molecule has 0 bridgehead atoms. The lowest BCUT2D eigenvalue weighted by molar-refractivity contribution is 0.0136. The molecule has 0 radical (unpaired) electrons. The van der Waals surface area contributed by atoms with Gasteiger partial charge in [0.2, 0.25) is 10.0 Å². The molecular weight excluding hydrogens is 484 g/mol. The number of halogens is 2. The fraction of sp³-hybridized carbons (Fsp3) is 0.435. The standard InChI is InChI=1S/C23H29F2N3O4S2/c1-3-4-5-6-9-14-34(26,32)17-12-13-21-19(15-17)23(24,25)16-28(21)22(29)18-10-7-8-11-20(18)27-33(2,30)31/h7-8,10-13,15,26-27H,3-6,9,14,16H2,1-2H3. The normalized spacial score (nSPS) is 16.6. The van der Waals surface area contributed by atoms with E-state index in [0.29, 0.717) is 6.42 Å². The average Bonchev–Trinajstić information content (AvgIpc) is 3.03. The molecule has 0 aromatic heterocycles. The number of para-hydroxylation sites is 1. The Morgan fingerprint density at radius 2 is 1.76 bits per heavy atom. The maximum Gasteiger partial charge on any atom is 0.292 e. The second kappa shape index (κ2) is 9.99. The highest BCUT2D eigenvalue weighted by Gasteiger charge is 2.46. The molecule has 2 N–H and O–H groups in total. The minimum absolute atomic E-state index is 0.0133. The number of hydrogen-bond donors (Lipinski definition) is 2. The van der Waals surface area contributed by atoms with Gasteiger partial charge in [-0.1, -0.05) is 44.7 Å². The lowest BCUT2D eigenvalue weighted by Gasteiger charge is -2.19. The van der Waals surface area contributed by atoms with Crippen LogP contribution in [0.5, 0.6) is 0 Å². The molecule has 0 fully saturated rings. The van der Waals surface area contributed by atoms with Crippen LogP contribution < -0.4 is 9.62 Å². The van der Waals surface area contributed by atoms with Gasteiger partial charge in [0, 0.05) is 16.2 Å². The van der Waals surface area contributed by atoms with Gasteiger partial charge in [0.1, 0.15) is 0 Å². The number of alkyl halides is 2. The second-order valence-corrected chi connectivity index (χ2v) is 12.5. The predicted octanol–water partition coefficient (Wildman–Crippen LogP) is 5.19. The SMILES string of the molecule is CCCCCCCS(=N)(=O)c1ccc2c(c1)C(F)(F)CN2C(=O)c1ccccc1NS(C)(=O)=O. The molecule has 1 amide bonds. The quantitative estimate of drug-likeness (QED) is 0.427. The number of amides is 1. The second-order valence-electron chi connectivity index (χ2n) is 8.49. The van der Waals surface area contributed by atoms with E-state index in [1.54, 1.807) is 0 Å². The number of hydrogen-bond acceptors (Lipinski definition) is 5. The summed E-state index contributed by atoms with van der Waals surface area (Å²) in [5.74, 6) is -4.11. The maximum atomic E-state index is 14.9. The smallest absolute Gasteiger partial charge is 0.292 e. The molecule has 1 aliphatic heterocycles. The van der Waals surface area contributed by atoms with Gasteiger partial charge in [-0.05, 0) is 36.8 Å². The number of carbonyl (C=O) groups is 1. The van der Waals surface area contributed by atoms with Crippen LogP contribution in [0, 0.1) is 4.78 Å². The average molecular weight is 514 g/mol. The summed E-state index contributed by atoms with van der Waals surface area (Å²) < 4.78 is 76.6. The van der Waals surface area contributed by atoms with E-state index < -0.39 is 43.7 Å². The molecular formula is C23H29F2N3O4S2. The van der Waals surface area contributed by atoms with Crippen LogP contribution >= 0.6 is 0 Å². The van der Waals surface area contributed by atoms with E-state index in [-0.39, 0.29) is 27.6 Å². The number of anilines is 2. The molecule has 3 rings (SSSR count). The Hall–Kier alpha value is -2.53. The van der Waals surface area contributed by atoms with Gasteiger partial charge in [0.05, 0.1) is 39.5 Å². The van der Waals surface area contributed by atoms with Crippen LogP contribution in [0.25, 0.3) is 0 Å². The van der Waals surface area contributed by atoms with Crippen molar-refractivity contribution in [3.8, 4) is 0 Å². The first-order valence-corrected chi connectivity index (χ1v) is 14.6. The summed E-state index contributed by atoms with van der Waals surface area (Å²) in [5.41, 5.74) is -0.596. The molecule has 0 spiro atoms. The summed E-state index contributed by atoms with van der Waals surface area (Å²) in [5, 5.41) is 0. The highest BCUT2D eigenvalue weighted by molar-refractivity contribution is 7.92. The summed E-state index contributed by atoms with van der Waals surface area (Å²) in [6, 6.07) is 9.50. The number of nitrogens with zero attached hydrogens (tertiary/aromatic N) is 1. The molecule has 0 aliphatic carbocycles. The van der Waals surface area contributed by atoms with Gasteiger partial charge in [0.25, 0.3) is 11.8 Å². The molecule has 7 nitrogen and oxygen atoms in total. The number of unbranched alkanes of at least 4 members (excludes halogenated alkanes) is 4. The number of nitrogens with one attached hydrogen (secondary N) is 2. The molecule has 1 aliphatic rings. The van der Waals surface area contributed by atoms with E-state index in [0.717, 1.165) is 42.9 Å². The third kappa shape index (κ3) is 5.93. The highest BCUT2D eigenvalue weighted by Crippen LogP contribution is 2.45. The summed E-state index contributed by atoms with van der Waals surface area (Å²) >= 11 is 0. The third-order valence-corrected chi connectivity index (χ3v) is 8.09. The Bertz CT molecular complexity index is 1280. The molecule has 2 aromatic rings. The van der Waals surface area contributed by atoms with Gasteiger partial charge in [-0.3, -0.25) is 9.52 Å². The van der Waals surface area contributed by atoms with Crippen molar-refractivity contribution in [3.63, 3.8) is 0 Å². The van der Waals surface area contributed by atoms with Crippen LogP contribution in [0.2, 0.25) is 0 Å². The van der Waals surface area contributed by atoms with Gasteiger partial charge in [-0.25, -0.2) is 17.4 Å². The third-order valence-electron chi connectivity index (χ3n) is 5.62. The van der Waals surface area contributed by atoms with Gasteiger partial charge in [0.15, 0.2) is 0 Å². The van der Waals surface area contributed by atoms with Gasteiger partial charge in [-0.2, -0.15) is 8.78 Å². The first-order chi connectivity index (χ1) is 15.9. The van der Waals surface area contributed by atoms with E-state index in [1.807, 2.05) is 0 Å². The van der Waals surface area contributed by atoms with Crippen LogP contribution in [0.15, 0.2) is 47.4 Å². The monoisotopic (exact) mass is 513 g/mol. The number of rotatable bonds is 10. The molecule has 0 saturated carbocycles. The Kier molecular flexibility index (Phi) is 7.66. The predicted molar refractivity (Wildman–Crippen MR) is 130 cm³/mol. The zero-order valence-corrected chi connectivity index (χ0v) is 20.8. The largest absolute Gasteiger partial charge is 0.301 e. The molecule has 0 saturated heterocycles. The highest BCUT2D eigenvalue weighted by atomic mass is 32.2. The number of benzene rings is 2. The van der Waals surface area contributed by atoms with Crippen molar-refractivity contribution >= 4 is 37.0 Å². The number of sulfonamides is 1. The van der Waals surface area contributed by atoms with E-state index in [4.69, 9.17) is 4.78 Å². The summed E-state index contributed by atoms with van der Waals surface area (Å²) in [6.45, 7) is 1.14. The fourth-order valence-electron chi connectivity index (χ4n) is 3.93. The van der Waals surface area contributed by atoms with E-state index in [2.05, 4.69) is 11.6 Å². The minimum atomic E-state index is -3.70. The molecule has 2 aromatic carbocycles. The Labute approximate surface area is 199 Å². The summed E-state index contributed by atoms with van der Waals surface area (Å²) in [6.07, 6.45) is 5.41. The maximum absolute atomic E-state index is 14.9. The van der Waals surface area contributed by atoms with Crippen molar-refractivity contribution in [1.29, 1.82) is 4.78 Å². The Morgan fingerprint density at radius 3 is 2.44 bits per heavy atom. The van der Waals surface area contributed by atoms with Crippen molar-refractivity contribution in [2.24, 2.45) is 0 Å². The Balaban J connectivity index is 1.90. The number of carbonyl (C=O) groups excluding carboxylic acids is 1. The molecule has 186 valence electrons. The van der Waals surface area contributed by atoms with Crippen LogP contribution in [-0.4, -0.2) is 37.1 Å². The lowest BCUT2D eigenvalue weighted by atomic mass is 10.1. The topological polar surface area (TPSA) is 107 Å². The molecule has 1 unspecified atom stereocenters. The van der Waals surface area contributed by atoms with E-state index >= 15 is 0 Å². The lowest BCUT2D eigenvalue weighted by Crippen LogP contribution is -2.33. The molecule has 1 heterocycles. The van der Waals surface area contributed by atoms with Gasteiger partial charge < -0.3 is 4.90 Å². The van der Waals surface area contributed by atoms with Gasteiger partial charge in [-0.15, -0.1) is 0 Å². The summed E-state index contributed by atoms with van der Waals surface area (Å²) in [4.78, 5) is 14.1. The van der Waals surface area contributed by atoms with E-state index in [1.165, 1.54) is 36.4 Å². The Morgan fingerprint density at radius 1 is 1.09 bits per heavy atom. The van der Waals surface area contributed by atoms with Crippen LogP contribution in [0.3, 0.4) is 0 Å². The fourth-order valence-corrected chi connectivity index (χ4v) is 5.95. The van der Waals surface area contributed by atoms with Gasteiger partial charge >= 0.3 is 0 Å². The first kappa shape index (κ1) is 26.1. The minimum Gasteiger partial charge on any atom is -0.301 e. The summed E-state index contributed by atoms with van der Waals surface area (Å²) in [7, 11) is -6.95. The molecule has 1 atom stereocenters. The van der Waals surface area contributed by atoms with Crippen LogP contribution in [-0.2, 0) is 25.7 Å². The molecule has 34 heavy (non-hydrogen) atoms. The van der Waals surface area contributed by atoms with Crippen molar-refractivity contribution in [3.05, 3.63) is 53.6 Å². The van der Waals surface area contributed by atoms with Crippen molar-refractivity contribution in [1.82, 2.24) is 0 Å². The van der Waals surface area contributed by atoms with E-state index in [9.17, 15) is 26.2 Å². The van der Waals surface area contributed by atoms with Crippen molar-refractivity contribution < 1.29 is 26.2 Å². The van der Waals surface area contributed by atoms with Crippen LogP contribution in [0.1, 0.15) is 54.9 Å². The zero-order chi connectivity index (χ0) is 25.1.